The molecular weight excluding hydrogens is 206 g/mol. The summed E-state index contributed by atoms with van der Waals surface area (Å²) < 4.78 is 0. The van der Waals surface area contributed by atoms with E-state index in [9.17, 15) is 9.59 Å². The molecule has 5 heteroatoms. The average Bonchev–Trinajstić information content (AvgIpc) is 2.44. The van der Waals surface area contributed by atoms with Crippen molar-refractivity contribution in [3.8, 4) is 6.07 Å². The zero-order valence-electron chi connectivity index (χ0n) is 9.99. The molecule has 3 amide bonds. The highest BCUT2D eigenvalue weighted by Gasteiger charge is 2.33. The van der Waals surface area contributed by atoms with Crippen LogP contribution in [0, 0.1) is 16.7 Å². The van der Waals surface area contributed by atoms with Crippen LogP contribution in [0.15, 0.2) is 0 Å². The first-order valence-electron chi connectivity index (χ1n) is 5.34. The van der Waals surface area contributed by atoms with Gasteiger partial charge in [-0.3, -0.25) is 9.69 Å². The topological polar surface area (TPSA) is 64.4 Å². The molecule has 0 aromatic rings. The summed E-state index contributed by atoms with van der Waals surface area (Å²) in [6.45, 7) is 4.28. The van der Waals surface area contributed by atoms with Crippen molar-refractivity contribution in [1.82, 2.24) is 9.80 Å². The molecule has 1 heterocycles. The molecule has 0 atom stereocenters. The fourth-order valence-corrected chi connectivity index (χ4v) is 1.62. The number of imide groups is 1. The van der Waals surface area contributed by atoms with Crippen LogP contribution in [-0.4, -0.2) is 41.9 Å². The summed E-state index contributed by atoms with van der Waals surface area (Å²) in [6, 6.07) is 1.96. The van der Waals surface area contributed by atoms with Crippen LogP contribution in [0.25, 0.3) is 0 Å². The molecule has 88 valence electrons. The number of hydrogen-bond donors (Lipinski definition) is 0. The number of urea groups is 1. The Kier molecular flexibility index (Phi) is 3.53. The third-order valence-corrected chi connectivity index (χ3v) is 2.72. The van der Waals surface area contributed by atoms with Gasteiger partial charge in [0.1, 0.15) is 6.54 Å². The maximum Gasteiger partial charge on any atom is 0.326 e. The first kappa shape index (κ1) is 12.5. The predicted octanol–water partition coefficient (Wildman–Crippen LogP) is 1.21. The van der Waals surface area contributed by atoms with Gasteiger partial charge in [0, 0.05) is 13.6 Å². The molecule has 0 saturated carbocycles. The summed E-state index contributed by atoms with van der Waals surface area (Å²) in [7, 11) is 1.61. The minimum Gasteiger partial charge on any atom is -0.318 e. The molecule has 0 aromatic heterocycles. The van der Waals surface area contributed by atoms with Gasteiger partial charge in [0.2, 0.25) is 5.91 Å². The highest BCUT2D eigenvalue weighted by Crippen LogP contribution is 2.21. The number of nitriles is 1. The number of amides is 3. The maximum absolute atomic E-state index is 11.5. The van der Waals surface area contributed by atoms with Gasteiger partial charge in [-0.2, -0.15) is 5.26 Å². The van der Waals surface area contributed by atoms with E-state index in [2.05, 4.69) is 6.07 Å². The molecule has 1 aliphatic rings. The zero-order chi connectivity index (χ0) is 12.3. The van der Waals surface area contributed by atoms with Crippen molar-refractivity contribution in [3.05, 3.63) is 0 Å². The molecule has 1 saturated heterocycles. The van der Waals surface area contributed by atoms with Crippen molar-refractivity contribution < 1.29 is 9.59 Å². The van der Waals surface area contributed by atoms with Crippen LogP contribution in [0.3, 0.4) is 0 Å². The second kappa shape index (κ2) is 4.52. The molecule has 0 N–H and O–H groups in total. The van der Waals surface area contributed by atoms with E-state index in [0.29, 0.717) is 19.4 Å². The molecule has 0 aliphatic carbocycles. The number of rotatable bonds is 4. The van der Waals surface area contributed by atoms with Crippen LogP contribution in [0.5, 0.6) is 0 Å². The molecule has 1 aliphatic heterocycles. The fourth-order valence-electron chi connectivity index (χ4n) is 1.62. The smallest absolute Gasteiger partial charge is 0.318 e. The van der Waals surface area contributed by atoms with E-state index in [0.717, 1.165) is 0 Å². The summed E-state index contributed by atoms with van der Waals surface area (Å²) in [5.74, 6) is -0.151. The van der Waals surface area contributed by atoms with E-state index >= 15 is 0 Å². The van der Waals surface area contributed by atoms with E-state index in [1.165, 1.54) is 9.80 Å². The lowest BCUT2D eigenvalue weighted by Crippen LogP contribution is -2.32. The second-order valence-electron chi connectivity index (χ2n) is 4.78. The molecule has 0 spiro atoms. The number of carbonyl (C=O) groups excluding carboxylic acids is 2. The molecule has 0 radical (unpaired) electrons. The summed E-state index contributed by atoms with van der Waals surface area (Å²) in [4.78, 5) is 25.6. The van der Waals surface area contributed by atoms with Crippen molar-refractivity contribution in [3.63, 3.8) is 0 Å². The Morgan fingerprint density at radius 2 is 2.06 bits per heavy atom. The van der Waals surface area contributed by atoms with Crippen molar-refractivity contribution in [2.24, 2.45) is 5.41 Å². The Morgan fingerprint density at radius 3 is 2.50 bits per heavy atom. The molecule has 5 nitrogen and oxygen atoms in total. The molecule has 16 heavy (non-hydrogen) atoms. The van der Waals surface area contributed by atoms with Gasteiger partial charge < -0.3 is 4.90 Å². The normalized spacial score (nSPS) is 16.9. The summed E-state index contributed by atoms with van der Waals surface area (Å²) in [6.07, 6.45) is 1.36. The molecular formula is C11H17N3O2. The summed E-state index contributed by atoms with van der Waals surface area (Å²) >= 11 is 0. The minimum absolute atomic E-state index is 0.151. The lowest BCUT2D eigenvalue weighted by molar-refractivity contribution is -0.125. The minimum atomic E-state index is -0.391. The maximum atomic E-state index is 11.5. The van der Waals surface area contributed by atoms with Gasteiger partial charge in [-0.05, 0) is 26.7 Å². The third kappa shape index (κ3) is 2.72. The van der Waals surface area contributed by atoms with Gasteiger partial charge in [-0.25, -0.2) is 4.79 Å². The Balaban J connectivity index is 2.43. The highest BCUT2D eigenvalue weighted by molar-refractivity contribution is 6.01. The van der Waals surface area contributed by atoms with Gasteiger partial charge in [-0.1, -0.05) is 0 Å². The van der Waals surface area contributed by atoms with Crippen LogP contribution in [-0.2, 0) is 4.79 Å². The van der Waals surface area contributed by atoms with E-state index in [4.69, 9.17) is 5.26 Å². The largest absolute Gasteiger partial charge is 0.326 e. The molecule has 1 fully saturated rings. The number of carbonyl (C=O) groups is 2. The van der Waals surface area contributed by atoms with Crippen LogP contribution in [0.4, 0.5) is 4.79 Å². The Labute approximate surface area is 95.6 Å². The Hall–Kier alpha value is -1.57. The SMILES string of the molecule is CN1CC(=O)N(CCCC(C)(C)C#N)C1=O. The molecule has 0 bridgehead atoms. The van der Waals surface area contributed by atoms with Crippen LogP contribution in [0.2, 0.25) is 0 Å². The first-order valence-corrected chi connectivity index (χ1v) is 5.34. The van der Waals surface area contributed by atoms with Crippen molar-refractivity contribution >= 4 is 11.9 Å². The lowest BCUT2D eigenvalue weighted by Gasteiger charge is -2.18. The van der Waals surface area contributed by atoms with Crippen LogP contribution >= 0.6 is 0 Å². The molecule has 0 aromatic carbocycles. The quantitative estimate of drug-likeness (QED) is 0.673. The van der Waals surface area contributed by atoms with Gasteiger partial charge in [0.05, 0.1) is 11.5 Å². The van der Waals surface area contributed by atoms with Crippen LogP contribution in [0.1, 0.15) is 26.7 Å². The van der Waals surface area contributed by atoms with Gasteiger partial charge in [0.25, 0.3) is 0 Å². The van der Waals surface area contributed by atoms with Gasteiger partial charge in [-0.15, -0.1) is 0 Å². The standard InChI is InChI=1S/C11H17N3O2/c1-11(2,8-12)5-4-6-14-9(15)7-13(3)10(14)16/h4-7H2,1-3H3. The molecule has 0 unspecified atom stereocenters. The number of hydrogen-bond acceptors (Lipinski definition) is 3. The summed E-state index contributed by atoms with van der Waals surface area (Å²) in [5, 5.41) is 8.83. The Morgan fingerprint density at radius 1 is 1.44 bits per heavy atom. The van der Waals surface area contributed by atoms with Crippen LogP contribution < -0.4 is 0 Å². The van der Waals surface area contributed by atoms with Crippen molar-refractivity contribution in [2.45, 2.75) is 26.7 Å². The monoisotopic (exact) mass is 223 g/mol. The Bertz CT molecular complexity index is 344. The zero-order valence-corrected chi connectivity index (χ0v) is 9.99. The van der Waals surface area contributed by atoms with E-state index < -0.39 is 5.41 Å². The lowest BCUT2D eigenvalue weighted by atomic mass is 9.90. The number of likely N-dealkylation sites (N-methyl/N-ethyl adjacent to an activating group) is 1. The average molecular weight is 223 g/mol. The van der Waals surface area contributed by atoms with Gasteiger partial charge >= 0.3 is 6.03 Å². The highest BCUT2D eigenvalue weighted by atomic mass is 16.2. The molecule has 1 rings (SSSR count). The van der Waals surface area contributed by atoms with E-state index in [1.807, 2.05) is 13.8 Å². The second-order valence-corrected chi connectivity index (χ2v) is 4.78. The van der Waals surface area contributed by atoms with E-state index in [-0.39, 0.29) is 18.5 Å². The van der Waals surface area contributed by atoms with Gasteiger partial charge in [0.15, 0.2) is 0 Å². The summed E-state index contributed by atoms with van der Waals surface area (Å²) in [5.41, 5.74) is -0.391. The number of nitrogens with zero attached hydrogens (tertiary/aromatic N) is 3. The fraction of sp³-hybridized carbons (Fsp3) is 0.727. The van der Waals surface area contributed by atoms with E-state index in [1.54, 1.807) is 7.05 Å². The third-order valence-electron chi connectivity index (χ3n) is 2.72. The first-order chi connectivity index (χ1) is 7.37. The van der Waals surface area contributed by atoms with Crippen molar-refractivity contribution in [2.75, 3.05) is 20.1 Å². The predicted molar refractivity (Wildman–Crippen MR) is 58.4 cm³/mol. The van der Waals surface area contributed by atoms with Crippen molar-refractivity contribution in [1.29, 1.82) is 5.26 Å².